The molecule has 20 heavy (non-hydrogen) atoms. The molecule has 108 valence electrons. The summed E-state index contributed by atoms with van der Waals surface area (Å²) in [6.45, 7) is 3.29. The van der Waals surface area contributed by atoms with Gasteiger partial charge >= 0.3 is 0 Å². The van der Waals surface area contributed by atoms with E-state index in [1.165, 1.54) is 0 Å². The molecule has 0 radical (unpaired) electrons. The molecule has 0 amide bonds. The second-order valence-electron chi connectivity index (χ2n) is 4.26. The van der Waals surface area contributed by atoms with Gasteiger partial charge in [-0.3, -0.25) is 0 Å². The molecule has 0 unspecified atom stereocenters. The minimum atomic E-state index is 0.325. The van der Waals surface area contributed by atoms with Crippen LogP contribution in [0.3, 0.4) is 0 Å². The number of hydrogen-bond donors (Lipinski definition) is 1. The van der Waals surface area contributed by atoms with Gasteiger partial charge in [0.05, 0.1) is 12.8 Å². The molecule has 0 spiro atoms. The van der Waals surface area contributed by atoms with Crippen LogP contribution in [-0.4, -0.2) is 16.2 Å². The third-order valence-electron chi connectivity index (χ3n) is 2.93. The van der Waals surface area contributed by atoms with Crippen molar-refractivity contribution in [2.75, 3.05) is 6.61 Å². The standard InChI is InChI=1S/C14H18ClN3O2/c1-3-19-12-6-10(7-16)4-5-11(12)20-9-14-17-8-13(15)18(14)2/h4-6,8H,3,7,9,16H2,1-2H3. The maximum absolute atomic E-state index is 5.94. The molecule has 0 saturated heterocycles. The molecular formula is C14H18ClN3O2. The molecule has 1 aromatic heterocycles. The first kappa shape index (κ1) is 14.7. The van der Waals surface area contributed by atoms with E-state index in [4.69, 9.17) is 26.8 Å². The first-order valence-corrected chi connectivity index (χ1v) is 6.78. The van der Waals surface area contributed by atoms with Gasteiger partial charge in [-0.2, -0.15) is 0 Å². The molecular weight excluding hydrogens is 278 g/mol. The summed E-state index contributed by atoms with van der Waals surface area (Å²) in [5.41, 5.74) is 6.63. The summed E-state index contributed by atoms with van der Waals surface area (Å²) < 4.78 is 13.1. The number of imidazole rings is 1. The number of halogens is 1. The fourth-order valence-electron chi connectivity index (χ4n) is 1.77. The van der Waals surface area contributed by atoms with Gasteiger partial charge in [-0.25, -0.2) is 4.98 Å². The van der Waals surface area contributed by atoms with Crippen molar-refractivity contribution in [2.45, 2.75) is 20.1 Å². The molecule has 1 heterocycles. The van der Waals surface area contributed by atoms with E-state index in [1.807, 2.05) is 32.2 Å². The van der Waals surface area contributed by atoms with Crippen LogP contribution in [0.1, 0.15) is 18.3 Å². The van der Waals surface area contributed by atoms with Crippen LogP contribution < -0.4 is 15.2 Å². The fourth-order valence-corrected chi connectivity index (χ4v) is 1.91. The van der Waals surface area contributed by atoms with E-state index >= 15 is 0 Å². The summed E-state index contributed by atoms with van der Waals surface area (Å²) in [4.78, 5) is 4.18. The summed E-state index contributed by atoms with van der Waals surface area (Å²) in [6, 6.07) is 5.67. The Balaban J connectivity index is 2.14. The van der Waals surface area contributed by atoms with Gasteiger partial charge in [0.1, 0.15) is 17.6 Å². The number of nitrogens with zero attached hydrogens (tertiary/aromatic N) is 2. The maximum Gasteiger partial charge on any atom is 0.161 e. The lowest BCUT2D eigenvalue weighted by molar-refractivity contribution is 0.260. The topological polar surface area (TPSA) is 62.3 Å². The molecule has 5 nitrogen and oxygen atoms in total. The second-order valence-corrected chi connectivity index (χ2v) is 4.65. The molecule has 0 fully saturated rings. The minimum Gasteiger partial charge on any atom is -0.490 e. The van der Waals surface area contributed by atoms with Gasteiger partial charge in [-0.1, -0.05) is 17.7 Å². The Morgan fingerprint density at radius 3 is 2.70 bits per heavy atom. The van der Waals surface area contributed by atoms with Gasteiger partial charge in [-0.15, -0.1) is 0 Å². The Labute approximate surface area is 123 Å². The summed E-state index contributed by atoms with van der Waals surface area (Å²) in [5, 5.41) is 0.576. The second kappa shape index (κ2) is 6.63. The normalized spacial score (nSPS) is 10.6. The minimum absolute atomic E-state index is 0.325. The molecule has 0 atom stereocenters. The van der Waals surface area contributed by atoms with Crippen LogP contribution in [0.4, 0.5) is 0 Å². The molecule has 0 aliphatic heterocycles. The van der Waals surface area contributed by atoms with Gasteiger partial charge in [0.25, 0.3) is 0 Å². The highest BCUT2D eigenvalue weighted by atomic mass is 35.5. The highest BCUT2D eigenvalue weighted by Crippen LogP contribution is 2.29. The summed E-state index contributed by atoms with van der Waals surface area (Å²) in [7, 11) is 1.84. The highest BCUT2D eigenvalue weighted by molar-refractivity contribution is 6.29. The first-order chi connectivity index (χ1) is 9.65. The third-order valence-corrected chi connectivity index (χ3v) is 3.28. The van der Waals surface area contributed by atoms with Crippen LogP contribution in [0.5, 0.6) is 11.5 Å². The quantitative estimate of drug-likeness (QED) is 0.889. The Hall–Kier alpha value is -1.72. The summed E-state index contributed by atoms with van der Waals surface area (Å²) in [6.07, 6.45) is 1.60. The SMILES string of the molecule is CCOc1cc(CN)ccc1OCc1ncc(Cl)n1C. The first-order valence-electron chi connectivity index (χ1n) is 6.40. The predicted octanol–water partition coefficient (Wildman–Crippen LogP) is 2.51. The van der Waals surface area contributed by atoms with Crippen molar-refractivity contribution in [1.29, 1.82) is 0 Å². The van der Waals surface area contributed by atoms with Crippen molar-refractivity contribution < 1.29 is 9.47 Å². The third kappa shape index (κ3) is 3.23. The largest absolute Gasteiger partial charge is 0.490 e. The molecule has 1 aromatic carbocycles. The molecule has 2 rings (SSSR count). The van der Waals surface area contributed by atoms with E-state index in [1.54, 1.807) is 10.8 Å². The predicted molar refractivity (Wildman–Crippen MR) is 78.1 cm³/mol. The van der Waals surface area contributed by atoms with Gasteiger partial charge in [0.2, 0.25) is 0 Å². The number of aromatic nitrogens is 2. The Morgan fingerprint density at radius 1 is 1.30 bits per heavy atom. The van der Waals surface area contributed by atoms with Crippen LogP contribution >= 0.6 is 11.6 Å². The Kier molecular flexibility index (Phi) is 4.87. The summed E-state index contributed by atoms with van der Waals surface area (Å²) >= 11 is 5.94. The molecule has 0 bridgehead atoms. The van der Waals surface area contributed by atoms with Crippen molar-refractivity contribution >= 4 is 11.6 Å². The lowest BCUT2D eigenvalue weighted by atomic mass is 10.2. The van der Waals surface area contributed by atoms with Crippen molar-refractivity contribution in [3.8, 4) is 11.5 Å². The van der Waals surface area contributed by atoms with Gasteiger partial charge in [0, 0.05) is 13.6 Å². The lowest BCUT2D eigenvalue weighted by Gasteiger charge is -2.13. The van der Waals surface area contributed by atoms with Gasteiger partial charge in [-0.05, 0) is 24.6 Å². The molecule has 0 saturated carbocycles. The van der Waals surface area contributed by atoms with Crippen molar-refractivity contribution in [2.24, 2.45) is 12.8 Å². The highest BCUT2D eigenvalue weighted by Gasteiger charge is 2.09. The number of hydrogen-bond acceptors (Lipinski definition) is 4. The fraction of sp³-hybridized carbons (Fsp3) is 0.357. The average Bonchev–Trinajstić information content (AvgIpc) is 2.78. The van der Waals surface area contributed by atoms with Crippen molar-refractivity contribution in [1.82, 2.24) is 9.55 Å². The van der Waals surface area contributed by atoms with Crippen LogP contribution in [0.15, 0.2) is 24.4 Å². The number of rotatable bonds is 6. The zero-order valence-corrected chi connectivity index (χ0v) is 12.4. The smallest absolute Gasteiger partial charge is 0.161 e. The van der Waals surface area contributed by atoms with Gasteiger partial charge < -0.3 is 19.8 Å². The number of ether oxygens (including phenoxy) is 2. The van der Waals surface area contributed by atoms with Gasteiger partial charge in [0.15, 0.2) is 11.5 Å². The van der Waals surface area contributed by atoms with E-state index in [-0.39, 0.29) is 0 Å². The molecule has 2 aromatic rings. The van der Waals surface area contributed by atoms with E-state index in [9.17, 15) is 0 Å². The average molecular weight is 296 g/mol. The van der Waals surface area contributed by atoms with Crippen LogP contribution in [-0.2, 0) is 20.2 Å². The molecule has 2 N–H and O–H groups in total. The van der Waals surface area contributed by atoms with Crippen LogP contribution in [0.25, 0.3) is 0 Å². The number of benzene rings is 1. The van der Waals surface area contributed by atoms with E-state index < -0.39 is 0 Å². The van der Waals surface area contributed by atoms with Crippen molar-refractivity contribution in [3.63, 3.8) is 0 Å². The summed E-state index contributed by atoms with van der Waals surface area (Å²) in [5.74, 6) is 2.11. The zero-order chi connectivity index (χ0) is 14.5. The zero-order valence-electron chi connectivity index (χ0n) is 11.6. The van der Waals surface area contributed by atoms with Crippen LogP contribution in [0, 0.1) is 0 Å². The molecule has 6 heteroatoms. The number of nitrogens with two attached hydrogens (primary N) is 1. The maximum atomic E-state index is 5.94. The molecule has 0 aliphatic rings. The van der Waals surface area contributed by atoms with E-state index in [2.05, 4.69) is 4.98 Å². The molecule has 0 aliphatic carbocycles. The monoisotopic (exact) mass is 295 g/mol. The Morgan fingerprint density at radius 2 is 2.10 bits per heavy atom. The Bertz CT molecular complexity index is 584. The van der Waals surface area contributed by atoms with E-state index in [0.717, 1.165) is 11.4 Å². The lowest BCUT2D eigenvalue weighted by Crippen LogP contribution is -2.06. The van der Waals surface area contributed by atoms with Crippen LogP contribution in [0.2, 0.25) is 5.15 Å². The van der Waals surface area contributed by atoms with Crippen molar-refractivity contribution in [3.05, 3.63) is 40.9 Å². The van der Waals surface area contributed by atoms with E-state index in [0.29, 0.717) is 36.4 Å².